The van der Waals surface area contributed by atoms with Crippen LogP contribution in [0.15, 0.2) is 36.5 Å². The number of amides is 1. The summed E-state index contributed by atoms with van der Waals surface area (Å²) in [5.41, 5.74) is 2.92. The molecule has 4 rings (SSSR count). The van der Waals surface area contributed by atoms with Crippen molar-refractivity contribution in [1.29, 1.82) is 0 Å². The lowest BCUT2D eigenvalue weighted by Gasteiger charge is -2.35. The number of fused-ring (bicyclic) bond motifs is 2. The van der Waals surface area contributed by atoms with E-state index in [1.807, 2.05) is 53.8 Å². The Hall–Kier alpha value is -2.89. The number of carbonyl (C=O) groups excluding carboxylic acids is 1. The average molecular weight is 350 g/mol. The Morgan fingerprint density at radius 1 is 1.31 bits per heavy atom. The molecule has 0 spiro atoms. The summed E-state index contributed by atoms with van der Waals surface area (Å²) in [5, 5.41) is 5.29. The van der Waals surface area contributed by atoms with Gasteiger partial charge in [-0.15, -0.1) is 0 Å². The van der Waals surface area contributed by atoms with Gasteiger partial charge in [-0.3, -0.25) is 9.69 Å². The van der Waals surface area contributed by atoms with Gasteiger partial charge in [0.15, 0.2) is 5.65 Å². The molecule has 6 nitrogen and oxygen atoms in total. The molecule has 0 N–H and O–H groups in total. The van der Waals surface area contributed by atoms with Crippen LogP contribution in [0.4, 0.5) is 5.69 Å². The largest absolute Gasteiger partial charge is 0.489 e. The van der Waals surface area contributed by atoms with Crippen molar-refractivity contribution in [3.05, 3.63) is 47.8 Å². The van der Waals surface area contributed by atoms with Crippen LogP contribution in [0.1, 0.15) is 42.9 Å². The zero-order chi connectivity index (χ0) is 18.4. The first kappa shape index (κ1) is 16.6. The molecular formula is C20H22N4O2. The van der Waals surface area contributed by atoms with Gasteiger partial charge in [-0.2, -0.15) is 5.10 Å². The molecule has 0 bridgehead atoms. The van der Waals surface area contributed by atoms with Crippen LogP contribution in [0.3, 0.4) is 0 Å². The number of aryl methyl sites for hydroxylation is 1. The van der Waals surface area contributed by atoms with Crippen LogP contribution < -0.4 is 9.64 Å². The van der Waals surface area contributed by atoms with Crippen LogP contribution in [-0.2, 0) is 0 Å². The third-order valence-electron chi connectivity index (χ3n) is 4.74. The number of pyridine rings is 1. The summed E-state index contributed by atoms with van der Waals surface area (Å²) >= 11 is 0. The first-order valence-corrected chi connectivity index (χ1v) is 8.87. The van der Waals surface area contributed by atoms with Gasteiger partial charge >= 0.3 is 0 Å². The maximum atomic E-state index is 13.4. The van der Waals surface area contributed by atoms with Gasteiger partial charge < -0.3 is 4.74 Å². The molecule has 6 heteroatoms. The molecular weight excluding hydrogens is 328 g/mol. The molecule has 1 atom stereocenters. The van der Waals surface area contributed by atoms with Gasteiger partial charge in [0.25, 0.3) is 5.91 Å². The Morgan fingerprint density at radius 2 is 2.08 bits per heavy atom. The summed E-state index contributed by atoms with van der Waals surface area (Å²) in [7, 11) is 0. The van der Waals surface area contributed by atoms with E-state index in [0.29, 0.717) is 17.9 Å². The van der Waals surface area contributed by atoms with Gasteiger partial charge in [-0.1, -0.05) is 12.1 Å². The third-order valence-corrected chi connectivity index (χ3v) is 4.74. The van der Waals surface area contributed by atoms with Gasteiger partial charge in [0.1, 0.15) is 12.4 Å². The van der Waals surface area contributed by atoms with Crippen LogP contribution in [0.25, 0.3) is 11.0 Å². The monoisotopic (exact) mass is 350 g/mol. The van der Waals surface area contributed by atoms with Crippen LogP contribution in [0, 0.1) is 6.92 Å². The molecule has 1 amide bonds. The highest BCUT2D eigenvalue weighted by molar-refractivity contribution is 6.09. The van der Waals surface area contributed by atoms with Crippen LogP contribution in [0.2, 0.25) is 0 Å². The van der Waals surface area contributed by atoms with Crippen molar-refractivity contribution in [3.63, 3.8) is 0 Å². The Labute approximate surface area is 152 Å². The lowest BCUT2D eigenvalue weighted by Crippen LogP contribution is -2.45. The maximum absolute atomic E-state index is 13.4. The number of anilines is 1. The Morgan fingerprint density at radius 3 is 2.85 bits per heavy atom. The van der Waals surface area contributed by atoms with E-state index in [0.717, 1.165) is 22.5 Å². The van der Waals surface area contributed by atoms with Crippen LogP contribution >= 0.6 is 0 Å². The molecule has 0 aliphatic carbocycles. The van der Waals surface area contributed by atoms with Crippen LogP contribution in [-0.4, -0.2) is 33.3 Å². The average Bonchev–Trinajstić information content (AvgIpc) is 3.03. The fourth-order valence-electron chi connectivity index (χ4n) is 3.40. The number of rotatable bonds is 2. The predicted octanol–water partition coefficient (Wildman–Crippen LogP) is 3.75. The van der Waals surface area contributed by atoms with Gasteiger partial charge in [-0.05, 0) is 45.9 Å². The second kappa shape index (κ2) is 6.12. The zero-order valence-electron chi connectivity index (χ0n) is 15.4. The fraction of sp³-hybridized carbons (Fsp3) is 0.350. The fourth-order valence-corrected chi connectivity index (χ4v) is 3.40. The Balaban J connectivity index is 1.80. The van der Waals surface area contributed by atoms with Crippen molar-refractivity contribution in [2.75, 3.05) is 11.5 Å². The number of aromatic nitrogens is 3. The second-order valence-corrected chi connectivity index (χ2v) is 7.02. The zero-order valence-corrected chi connectivity index (χ0v) is 15.4. The molecule has 1 aromatic carbocycles. The number of hydrogen-bond donors (Lipinski definition) is 0. The molecule has 26 heavy (non-hydrogen) atoms. The Kier molecular flexibility index (Phi) is 3.90. The van der Waals surface area contributed by atoms with E-state index < -0.39 is 0 Å². The van der Waals surface area contributed by atoms with Crippen LogP contribution in [0.5, 0.6) is 5.75 Å². The topological polar surface area (TPSA) is 60.2 Å². The molecule has 2 aromatic heterocycles. The van der Waals surface area contributed by atoms with Gasteiger partial charge in [0.2, 0.25) is 0 Å². The quantitative estimate of drug-likeness (QED) is 0.706. The summed E-state index contributed by atoms with van der Waals surface area (Å²) in [4.78, 5) is 19.9. The first-order valence-electron chi connectivity index (χ1n) is 8.87. The summed E-state index contributed by atoms with van der Waals surface area (Å²) < 4.78 is 7.64. The third kappa shape index (κ3) is 2.53. The molecule has 0 unspecified atom stereocenters. The Bertz CT molecular complexity index is 993. The minimum Gasteiger partial charge on any atom is -0.489 e. The number of carbonyl (C=O) groups is 1. The SMILES string of the molecule is Cc1nc2c(cnn2C(C)C)cc1C(=O)N1c2ccccc2OC[C@H]1C. The second-order valence-electron chi connectivity index (χ2n) is 7.02. The molecule has 0 saturated carbocycles. The van der Waals surface area contributed by atoms with Gasteiger partial charge in [0, 0.05) is 11.4 Å². The lowest BCUT2D eigenvalue weighted by atomic mass is 10.1. The highest BCUT2D eigenvalue weighted by atomic mass is 16.5. The first-order chi connectivity index (χ1) is 12.5. The van der Waals surface area contributed by atoms with E-state index in [1.54, 1.807) is 6.20 Å². The highest BCUT2D eigenvalue weighted by Crippen LogP contribution is 2.35. The van der Waals surface area contributed by atoms with E-state index in [9.17, 15) is 4.79 Å². The van der Waals surface area contributed by atoms with Crippen molar-refractivity contribution in [3.8, 4) is 5.75 Å². The standard InChI is InChI=1S/C20H22N4O2/c1-12(2)24-19-15(10-21-24)9-16(14(4)22-19)20(25)23-13(3)11-26-18-8-6-5-7-17(18)23/h5-10,12-13H,11H2,1-4H3/t13-/m1/s1. The van der Waals surface area contributed by atoms with Crippen molar-refractivity contribution >= 4 is 22.6 Å². The van der Waals surface area contributed by atoms with E-state index in [4.69, 9.17) is 4.74 Å². The molecule has 0 saturated heterocycles. The van der Waals surface area contributed by atoms with E-state index in [2.05, 4.69) is 23.9 Å². The van der Waals surface area contributed by atoms with Crippen molar-refractivity contribution in [1.82, 2.24) is 14.8 Å². The molecule has 3 aromatic rings. The van der Waals surface area contributed by atoms with E-state index >= 15 is 0 Å². The van der Waals surface area contributed by atoms with Gasteiger partial charge in [-0.25, -0.2) is 9.67 Å². The summed E-state index contributed by atoms with van der Waals surface area (Å²) in [6.07, 6.45) is 1.77. The molecule has 0 radical (unpaired) electrons. The molecule has 1 aliphatic rings. The molecule has 134 valence electrons. The number of para-hydroxylation sites is 2. The summed E-state index contributed by atoms with van der Waals surface area (Å²) in [6.45, 7) is 8.47. The normalized spacial score (nSPS) is 16.7. The minimum atomic E-state index is -0.0579. The van der Waals surface area contributed by atoms with Crippen molar-refractivity contribution < 1.29 is 9.53 Å². The molecule has 1 aliphatic heterocycles. The van der Waals surface area contributed by atoms with E-state index in [1.165, 1.54) is 0 Å². The molecule has 0 fully saturated rings. The van der Waals surface area contributed by atoms with Crippen molar-refractivity contribution in [2.24, 2.45) is 0 Å². The van der Waals surface area contributed by atoms with E-state index in [-0.39, 0.29) is 18.0 Å². The number of hydrogen-bond acceptors (Lipinski definition) is 4. The lowest BCUT2D eigenvalue weighted by molar-refractivity contribution is 0.0960. The minimum absolute atomic E-state index is 0.0501. The highest BCUT2D eigenvalue weighted by Gasteiger charge is 2.31. The summed E-state index contributed by atoms with van der Waals surface area (Å²) in [6, 6.07) is 9.70. The predicted molar refractivity (Wildman–Crippen MR) is 101 cm³/mol. The number of nitrogens with zero attached hydrogens (tertiary/aromatic N) is 4. The smallest absolute Gasteiger partial charge is 0.260 e. The maximum Gasteiger partial charge on any atom is 0.260 e. The number of ether oxygens (including phenoxy) is 1. The molecule has 3 heterocycles. The van der Waals surface area contributed by atoms with Crippen molar-refractivity contribution in [2.45, 2.75) is 39.8 Å². The summed E-state index contributed by atoms with van der Waals surface area (Å²) in [5.74, 6) is 0.677. The number of benzene rings is 1. The van der Waals surface area contributed by atoms with Gasteiger partial charge in [0.05, 0.1) is 29.2 Å².